The number of anilines is 2. The fraction of sp³-hybridized carbons (Fsp3) is 0.667. The average Bonchev–Trinajstić information content (AvgIpc) is 3.23. The highest BCUT2D eigenvalue weighted by molar-refractivity contribution is 7.99. The molecular weight excluding hydrogens is 246 g/mol. The summed E-state index contributed by atoms with van der Waals surface area (Å²) < 4.78 is 0. The van der Waals surface area contributed by atoms with Crippen LogP contribution in [-0.4, -0.2) is 34.1 Å². The summed E-state index contributed by atoms with van der Waals surface area (Å²) in [5.41, 5.74) is 2.66. The van der Waals surface area contributed by atoms with E-state index in [2.05, 4.69) is 22.2 Å². The molecule has 5 nitrogen and oxygen atoms in total. The largest absolute Gasteiger partial charge is 0.352 e. The average molecular weight is 265 g/mol. The summed E-state index contributed by atoms with van der Waals surface area (Å²) in [5, 5.41) is 0. The van der Waals surface area contributed by atoms with Gasteiger partial charge in [-0.05, 0) is 19.8 Å². The summed E-state index contributed by atoms with van der Waals surface area (Å²) in [6.07, 6.45) is 2.41. The quantitative estimate of drug-likeness (QED) is 0.639. The molecule has 2 fully saturated rings. The molecule has 0 aromatic carbocycles. The van der Waals surface area contributed by atoms with Crippen molar-refractivity contribution in [3.05, 3.63) is 11.9 Å². The van der Waals surface area contributed by atoms with Crippen molar-refractivity contribution in [2.24, 2.45) is 5.84 Å². The number of nitrogen functional groups attached to an aromatic ring is 1. The predicted molar refractivity (Wildman–Crippen MR) is 76.0 cm³/mol. The lowest BCUT2D eigenvalue weighted by Gasteiger charge is -2.34. The SMILES string of the molecule is CC1CSCCN1c1cc(NN)nc(C2CC2)n1. The second kappa shape index (κ2) is 4.93. The maximum absolute atomic E-state index is 5.51. The van der Waals surface area contributed by atoms with Crippen molar-refractivity contribution in [2.75, 3.05) is 28.4 Å². The number of hydrogen-bond donors (Lipinski definition) is 2. The minimum absolute atomic E-state index is 0.524. The Balaban J connectivity index is 1.91. The van der Waals surface area contributed by atoms with E-state index in [9.17, 15) is 0 Å². The molecule has 2 aliphatic rings. The van der Waals surface area contributed by atoms with Gasteiger partial charge in [-0.15, -0.1) is 0 Å². The zero-order chi connectivity index (χ0) is 12.5. The Labute approximate surface area is 112 Å². The third kappa shape index (κ3) is 2.40. The first-order chi connectivity index (χ1) is 8.78. The first-order valence-electron chi connectivity index (χ1n) is 6.48. The van der Waals surface area contributed by atoms with Crippen molar-refractivity contribution < 1.29 is 0 Å². The van der Waals surface area contributed by atoms with Crippen molar-refractivity contribution in [1.82, 2.24) is 9.97 Å². The van der Waals surface area contributed by atoms with Crippen LogP contribution in [0.3, 0.4) is 0 Å². The zero-order valence-corrected chi connectivity index (χ0v) is 11.4. The van der Waals surface area contributed by atoms with Crippen molar-refractivity contribution in [3.8, 4) is 0 Å². The molecule has 1 aliphatic heterocycles. The van der Waals surface area contributed by atoms with Gasteiger partial charge in [0.2, 0.25) is 0 Å². The molecule has 18 heavy (non-hydrogen) atoms. The predicted octanol–water partition coefficient (Wildman–Crippen LogP) is 1.58. The molecule has 6 heteroatoms. The maximum Gasteiger partial charge on any atom is 0.145 e. The third-order valence-corrected chi connectivity index (χ3v) is 4.67. The molecule has 1 aromatic heterocycles. The van der Waals surface area contributed by atoms with E-state index >= 15 is 0 Å². The highest BCUT2D eigenvalue weighted by Gasteiger charge is 2.29. The van der Waals surface area contributed by atoms with Crippen LogP contribution >= 0.6 is 11.8 Å². The molecule has 0 amide bonds. The number of hydrogen-bond acceptors (Lipinski definition) is 6. The van der Waals surface area contributed by atoms with Crippen LogP contribution in [0, 0.1) is 0 Å². The van der Waals surface area contributed by atoms with Crippen molar-refractivity contribution in [1.29, 1.82) is 0 Å². The van der Waals surface area contributed by atoms with Gasteiger partial charge >= 0.3 is 0 Å². The van der Waals surface area contributed by atoms with Gasteiger partial charge in [0.15, 0.2) is 0 Å². The summed E-state index contributed by atoms with van der Waals surface area (Å²) >= 11 is 2.01. The van der Waals surface area contributed by atoms with Crippen LogP contribution in [0.5, 0.6) is 0 Å². The molecule has 0 bridgehead atoms. The fourth-order valence-corrected chi connectivity index (χ4v) is 3.28. The molecule has 3 rings (SSSR count). The zero-order valence-electron chi connectivity index (χ0n) is 10.6. The summed E-state index contributed by atoms with van der Waals surface area (Å²) in [6.45, 7) is 3.30. The molecule has 2 heterocycles. The van der Waals surface area contributed by atoms with Crippen LogP contribution in [0.4, 0.5) is 11.6 Å². The number of rotatable bonds is 3. The lowest BCUT2D eigenvalue weighted by atomic mass is 10.3. The highest BCUT2D eigenvalue weighted by atomic mass is 32.2. The number of nitrogens with one attached hydrogen (secondary N) is 1. The Morgan fingerprint density at radius 1 is 1.44 bits per heavy atom. The topological polar surface area (TPSA) is 67.1 Å². The lowest BCUT2D eigenvalue weighted by molar-refractivity contribution is 0.684. The second-order valence-corrected chi connectivity index (χ2v) is 6.16. The van der Waals surface area contributed by atoms with E-state index < -0.39 is 0 Å². The maximum atomic E-state index is 5.51. The molecular formula is C12H19N5S. The van der Waals surface area contributed by atoms with Gasteiger partial charge in [-0.25, -0.2) is 15.8 Å². The van der Waals surface area contributed by atoms with Gasteiger partial charge in [0, 0.05) is 36.1 Å². The molecule has 1 aliphatic carbocycles. The van der Waals surface area contributed by atoms with Crippen LogP contribution in [0.25, 0.3) is 0 Å². The lowest BCUT2D eigenvalue weighted by Crippen LogP contribution is -2.41. The van der Waals surface area contributed by atoms with E-state index in [-0.39, 0.29) is 0 Å². The van der Waals surface area contributed by atoms with Gasteiger partial charge in [-0.3, -0.25) is 0 Å². The number of aromatic nitrogens is 2. The number of nitrogens with two attached hydrogens (primary N) is 1. The van der Waals surface area contributed by atoms with Crippen LogP contribution in [0.1, 0.15) is 31.5 Å². The minimum Gasteiger partial charge on any atom is -0.352 e. The summed E-state index contributed by atoms with van der Waals surface area (Å²) in [4.78, 5) is 11.5. The first kappa shape index (κ1) is 12.0. The molecule has 1 atom stereocenters. The van der Waals surface area contributed by atoms with E-state index in [1.807, 2.05) is 17.8 Å². The van der Waals surface area contributed by atoms with E-state index in [1.54, 1.807) is 0 Å². The number of hydrazine groups is 1. The monoisotopic (exact) mass is 265 g/mol. The van der Waals surface area contributed by atoms with Crippen LogP contribution in [0.2, 0.25) is 0 Å². The molecule has 98 valence electrons. The van der Waals surface area contributed by atoms with Gasteiger partial charge in [0.1, 0.15) is 17.5 Å². The molecule has 0 radical (unpaired) electrons. The van der Waals surface area contributed by atoms with Gasteiger partial charge < -0.3 is 10.3 Å². The molecule has 3 N–H and O–H groups in total. The molecule has 1 aromatic rings. The van der Waals surface area contributed by atoms with E-state index in [4.69, 9.17) is 10.8 Å². The van der Waals surface area contributed by atoms with Crippen molar-refractivity contribution >= 4 is 23.4 Å². The Morgan fingerprint density at radius 2 is 2.28 bits per heavy atom. The Kier molecular flexibility index (Phi) is 3.30. The van der Waals surface area contributed by atoms with Crippen LogP contribution < -0.4 is 16.2 Å². The van der Waals surface area contributed by atoms with Gasteiger partial charge in [0.05, 0.1) is 0 Å². The number of thioether (sulfide) groups is 1. The molecule has 1 saturated carbocycles. The third-order valence-electron chi connectivity index (χ3n) is 3.48. The van der Waals surface area contributed by atoms with Crippen LogP contribution in [0.15, 0.2) is 6.07 Å². The van der Waals surface area contributed by atoms with Gasteiger partial charge in [-0.2, -0.15) is 11.8 Å². The van der Waals surface area contributed by atoms with Crippen LogP contribution in [-0.2, 0) is 0 Å². The van der Waals surface area contributed by atoms with E-state index in [0.717, 1.165) is 29.8 Å². The Morgan fingerprint density at radius 3 is 2.94 bits per heavy atom. The first-order valence-corrected chi connectivity index (χ1v) is 7.63. The second-order valence-electron chi connectivity index (χ2n) is 5.01. The summed E-state index contributed by atoms with van der Waals surface area (Å²) in [6, 6.07) is 2.48. The standard InChI is InChI=1S/C12H19N5S/c1-8-7-18-5-4-17(8)11-6-10(16-13)14-12(15-11)9-2-3-9/h6,8-9H,2-5,7,13H2,1H3,(H,14,15,16). The fourth-order valence-electron chi connectivity index (χ4n) is 2.27. The highest BCUT2D eigenvalue weighted by Crippen LogP contribution is 2.39. The minimum atomic E-state index is 0.524. The van der Waals surface area contributed by atoms with Crippen molar-refractivity contribution in [3.63, 3.8) is 0 Å². The van der Waals surface area contributed by atoms with E-state index in [0.29, 0.717) is 12.0 Å². The van der Waals surface area contributed by atoms with Gasteiger partial charge in [0.25, 0.3) is 0 Å². The Hall–Kier alpha value is -1.01. The van der Waals surface area contributed by atoms with E-state index in [1.165, 1.54) is 18.6 Å². The van der Waals surface area contributed by atoms with Crippen molar-refractivity contribution in [2.45, 2.75) is 31.7 Å². The summed E-state index contributed by atoms with van der Waals surface area (Å²) in [5.74, 6) is 11.1. The molecule has 1 saturated heterocycles. The molecule has 1 unspecified atom stereocenters. The summed E-state index contributed by atoms with van der Waals surface area (Å²) in [7, 11) is 0. The smallest absolute Gasteiger partial charge is 0.145 e. The van der Waals surface area contributed by atoms with Gasteiger partial charge in [-0.1, -0.05) is 0 Å². The normalized spacial score (nSPS) is 24.1. The Bertz CT molecular complexity index is 434. The number of nitrogens with zero attached hydrogens (tertiary/aromatic N) is 3. The molecule has 0 spiro atoms.